The summed E-state index contributed by atoms with van der Waals surface area (Å²) >= 11 is 3.44. The lowest BCUT2D eigenvalue weighted by Gasteiger charge is -2.09. The number of ether oxygens (including phenoxy) is 1. The van der Waals surface area contributed by atoms with Gasteiger partial charge in [-0.2, -0.15) is 0 Å². The van der Waals surface area contributed by atoms with E-state index in [4.69, 9.17) is 10.5 Å². The van der Waals surface area contributed by atoms with Crippen LogP contribution in [0.2, 0.25) is 0 Å². The number of methoxy groups -OCH3 is 1. The predicted molar refractivity (Wildman–Crippen MR) is 70.6 cm³/mol. The Labute approximate surface area is 104 Å². The quantitative estimate of drug-likeness (QED) is 0.906. The summed E-state index contributed by atoms with van der Waals surface area (Å²) in [7, 11) is 1.68. The minimum absolute atomic E-state index is 0.0553. The highest BCUT2D eigenvalue weighted by atomic mass is 32.1. The van der Waals surface area contributed by atoms with Gasteiger partial charge in [0.1, 0.15) is 5.75 Å². The maximum atomic E-state index is 6.25. The molecule has 0 aliphatic heterocycles. The summed E-state index contributed by atoms with van der Waals surface area (Å²) in [4.78, 5) is 3.69. The molecular weight excluding hydrogens is 238 g/mol. The molecule has 0 amide bonds. The zero-order valence-electron chi connectivity index (χ0n) is 9.40. The van der Waals surface area contributed by atoms with E-state index < -0.39 is 0 Å². The Morgan fingerprint density at radius 2 is 2.19 bits per heavy atom. The molecule has 0 bridgehead atoms. The van der Waals surface area contributed by atoms with Crippen LogP contribution in [0, 0.1) is 0 Å². The standard InChI is InChI=1S/C12H15NOS2/c1-3-8-4-5-10(16-8)11(13)12-9(14-2)6-7-15-12/h4-7,11H,3,13H2,1-2H3. The fourth-order valence-corrected chi connectivity index (χ4v) is 3.50. The molecule has 2 aromatic heterocycles. The third kappa shape index (κ3) is 2.14. The Morgan fingerprint density at radius 1 is 1.38 bits per heavy atom. The van der Waals surface area contributed by atoms with Crippen molar-refractivity contribution in [2.24, 2.45) is 5.73 Å². The summed E-state index contributed by atoms with van der Waals surface area (Å²) in [5.41, 5.74) is 6.25. The maximum absolute atomic E-state index is 6.25. The molecule has 1 unspecified atom stereocenters. The Kier molecular flexibility index (Phi) is 3.63. The molecule has 16 heavy (non-hydrogen) atoms. The van der Waals surface area contributed by atoms with Crippen LogP contribution in [0.25, 0.3) is 0 Å². The second-order valence-corrected chi connectivity index (χ2v) is 5.64. The first-order valence-electron chi connectivity index (χ1n) is 5.21. The number of nitrogens with two attached hydrogens (primary N) is 1. The van der Waals surface area contributed by atoms with Crippen LogP contribution < -0.4 is 10.5 Å². The van der Waals surface area contributed by atoms with Crippen molar-refractivity contribution in [2.75, 3.05) is 7.11 Å². The largest absolute Gasteiger partial charge is 0.496 e. The van der Waals surface area contributed by atoms with E-state index in [0.717, 1.165) is 17.0 Å². The SMILES string of the molecule is CCc1ccc(C(N)c2sccc2OC)s1. The number of aryl methyl sites for hydroxylation is 1. The van der Waals surface area contributed by atoms with E-state index in [0.29, 0.717) is 0 Å². The Hall–Kier alpha value is -0.840. The van der Waals surface area contributed by atoms with Crippen molar-refractivity contribution >= 4 is 22.7 Å². The van der Waals surface area contributed by atoms with Crippen LogP contribution in [0.15, 0.2) is 23.6 Å². The molecule has 2 N–H and O–H groups in total. The van der Waals surface area contributed by atoms with E-state index >= 15 is 0 Å². The summed E-state index contributed by atoms with van der Waals surface area (Å²) in [6, 6.07) is 6.18. The zero-order chi connectivity index (χ0) is 11.5. The fourth-order valence-electron chi connectivity index (χ4n) is 1.59. The van der Waals surface area contributed by atoms with Gasteiger partial charge in [0.2, 0.25) is 0 Å². The second-order valence-electron chi connectivity index (χ2n) is 3.49. The van der Waals surface area contributed by atoms with Gasteiger partial charge in [0.15, 0.2) is 0 Å². The van der Waals surface area contributed by atoms with Gasteiger partial charge in [-0.25, -0.2) is 0 Å². The summed E-state index contributed by atoms with van der Waals surface area (Å²) < 4.78 is 5.30. The first-order chi connectivity index (χ1) is 7.76. The molecular formula is C12H15NOS2. The van der Waals surface area contributed by atoms with Crippen LogP contribution >= 0.6 is 22.7 Å². The number of rotatable bonds is 4. The van der Waals surface area contributed by atoms with Crippen molar-refractivity contribution in [3.05, 3.63) is 38.2 Å². The smallest absolute Gasteiger partial charge is 0.134 e. The fraction of sp³-hybridized carbons (Fsp3) is 0.333. The predicted octanol–water partition coefficient (Wildman–Crippen LogP) is 3.43. The van der Waals surface area contributed by atoms with E-state index in [2.05, 4.69) is 19.1 Å². The van der Waals surface area contributed by atoms with Crippen molar-refractivity contribution in [3.8, 4) is 5.75 Å². The Bertz CT molecular complexity index is 461. The van der Waals surface area contributed by atoms with Crippen LogP contribution in [0.5, 0.6) is 5.75 Å². The monoisotopic (exact) mass is 253 g/mol. The van der Waals surface area contributed by atoms with Crippen molar-refractivity contribution in [3.63, 3.8) is 0 Å². The number of hydrogen-bond donors (Lipinski definition) is 1. The maximum Gasteiger partial charge on any atom is 0.134 e. The topological polar surface area (TPSA) is 35.2 Å². The molecule has 2 heterocycles. The average molecular weight is 253 g/mol. The van der Waals surface area contributed by atoms with Crippen LogP contribution in [0.1, 0.15) is 27.6 Å². The molecule has 0 saturated heterocycles. The molecule has 1 atom stereocenters. The minimum Gasteiger partial charge on any atom is -0.496 e. The highest BCUT2D eigenvalue weighted by Gasteiger charge is 2.17. The van der Waals surface area contributed by atoms with Crippen LogP contribution in [-0.4, -0.2) is 7.11 Å². The minimum atomic E-state index is -0.0553. The van der Waals surface area contributed by atoms with Gasteiger partial charge in [0.25, 0.3) is 0 Å². The molecule has 2 nitrogen and oxygen atoms in total. The van der Waals surface area contributed by atoms with Gasteiger partial charge in [-0.1, -0.05) is 6.92 Å². The third-order valence-electron chi connectivity index (χ3n) is 2.50. The normalized spacial score (nSPS) is 12.7. The molecule has 0 saturated carbocycles. The second kappa shape index (κ2) is 4.99. The highest BCUT2D eigenvalue weighted by molar-refractivity contribution is 7.13. The third-order valence-corrected chi connectivity index (χ3v) is 4.79. The molecule has 86 valence electrons. The molecule has 0 aliphatic rings. The first kappa shape index (κ1) is 11.6. The summed E-state index contributed by atoms with van der Waals surface area (Å²) in [5, 5.41) is 2.02. The lowest BCUT2D eigenvalue weighted by molar-refractivity contribution is 0.411. The van der Waals surface area contributed by atoms with E-state index in [1.54, 1.807) is 29.8 Å². The zero-order valence-corrected chi connectivity index (χ0v) is 11.0. The van der Waals surface area contributed by atoms with Crippen LogP contribution in [0.4, 0.5) is 0 Å². The van der Waals surface area contributed by atoms with Gasteiger partial charge in [-0.05, 0) is 30.0 Å². The van der Waals surface area contributed by atoms with Crippen molar-refractivity contribution in [1.29, 1.82) is 0 Å². The van der Waals surface area contributed by atoms with E-state index in [-0.39, 0.29) is 6.04 Å². The van der Waals surface area contributed by atoms with Crippen molar-refractivity contribution in [2.45, 2.75) is 19.4 Å². The summed E-state index contributed by atoms with van der Waals surface area (Å²) in [6.07, 6.45) is 1.07. The molecule has 2 aromatic rings. The van der Waals surface area contributed by atoms with Crippen LogP contribution in [-0.2, 0) is 6.42 Å². The van der Waals surface area contributed by atoms with Gasteiger partial charge in [-0.3, -0.25) is 0 Å². The van der Waals surface area contributed by atoms with E-state index in [9.17, 15) is 0 Å². The molecule has 2 rings (SSSR count). The number of thiophene rings is 2. The highest BCUT2D eigenvalue weighted by Crippen LogP contribution is 2.35. The number of hydrogen-bond acceptors (Lipinski definition) is 4. The Balaban J connectivity index is 2.27. The average Bonchev–Trinajstić information content (AvgIpc) is 2.96. The molecule has 4 heteroatoms. The Morgan fingerprint density at radius 3 is 2.81 bits per heavy atom. The van der Waals surface area contributed by atoms with Crippen LogP contribution in [0.3, 0.4) is 0 Å². The van der Waals surface area contributed by atoms with Gasteiger partial charge in [-0.15, -0.1) is 22.7 Å². The molecule has 0 aromatic carbocycles. The summed E-state index contributed by atoms with van der Waals surface area (Å²) in [5.74, 6) is 0.893. The van der Waals surface area contributed by atoms with E-state index in [1.165, 1.54) is 9.75 Å². The van der Waals surface area contributed by atoms with Crippen molar-refractivity contribution < 1.29 is 4.74 Å². The van der Waals surface area contributed by atoms with Gasteiger partial charge in [0.05, 0.1) is 18.0 Å². The lowest BCUT2D eigenvalue weighted by Crippen LogP contribution is -2.09. The van der Waals surface area contributed by atoms with Crippen molar-refractivity contribution in [1.82, 2.24) is 0 Å². The van der Waals surface area contributed by atoms with E-state index in [1.807, 2.05) is 11.4 Å². The first-order valence-corrected chi connectivity index (χ1v) is 6.91. The lowest BCUT2D eigenvalue weighted by atomic mass is 10.2. The van der Waals surface area contributed by atoms with Gasteiger partial charge < -0.3 is 10.5 Å². The molecule has 0 spiro atoms. The summed E-state index contributed by atoms with van der Waals surface area (Å²) in [6.45, 7) is 2.16. The van der Waals surface area contributed by atoms with Gasteiger partial charge >= 0.3 is 0 Å². The molecule has 0 aliphatic carbocycles. The van der Waals surface area contributed by atoms with Gasteiger partial charge in [0, 0.05) is 9.75 Å². The molecule has 0 fully saturated rings. The molecule has 0 radical (unpaired) electrons.